The number of thioether (sulfide) groups is 2. The van der Waals surface area contributed by atoms with Crippen LogP contribution in [0.15, 0.2) is 46.6 Å². The van der Waals surface area contributed by atoms with Gasteiger partial charge in [-0.15, -0.1) is 11.6 Å². The summed E-state index contributed by atoms with van der Waals surface area (Å²) in [6, 6.07) is 7.40. The number of hydrogen-bond acceptors (Lipinski definition) is 6. The Bertz CT molecular complexity index is 839. The van der Waals surface area contributed by atoms with Crippen LogP contribution in [0.25, 0.3) is 0 Å². The van der Waals surface area contributed by atoms with Crippen LogP contribution in [0.4, 0.5) is 0 Å². The predicted octanol–water partition coefficient (Wildman–Crippen LogP) is 5.05. The van der Waals surface area contributed by atoms with Gasteiger partial charge >= 0.3 is 0 Å². The van der Waals surface area contributed by atoms with Crippen LogP contribution >= 0.6 is 58.3 Å². The number of alkyl halides is 1. The van der Waals surface area contributed by atoms with Gasteiger partial charge in [0.2, 0.25) is 0 Å². The zero-order chi connectivity index (χ0) is 22.5. The van der Waals surface area contributed by atoms with Crippen LogP contribution in [0.2, 0.25) is 10.3 Å². The molecule has 0 saturated carbocycles. The number of nitrogens with zero attached hydrogens (tertiary/aromatic N) is 5. The quantitative estimate of drug-likeness (QED) is 0.452. The minimum atomic E-state index is 0.490. The Hall–Kier alpha value is -1.19. The van der Waals surface area contributed by atoms with E-state index in [0.717, 1.165) is 41.3 Å². The van der Waals surface area contributed by atoms with Gasteiger partial charge in [-0.1, -0.05) is 58.9 Å². The zero-order valence-electron chi connectivity index (χ0n) is 17.4. The van der Waals surface area contributed by atoms with Crippen molar-refractivity contribution >= 4 is 68.7 Å². The maximum Gasteiger partial charge on any atom is 0.159 e. The Kier molecular flexibility index (Phi) is 12.4. The Morgan fingerprint density at radius 1 is 0.968 bits per heavy atom. The van der Waals surface area contributed by atoms with Gasteiger partial charge in [0, 0.05) is 63.5 Å². The summed E-state index contributed by atoms with van der Waals surface area (Å²) in [6.07, 6.45) is 3.48. The molecule has 0 unspecified atom stereocenters. The normalized spacial score (nSPS) is 17.6. The summed E-state index contributed by atoms with van der Waals surface area (Å²) in [6.45, 7) is 3.00. The van der Waals surface area contributed by atoms with Crippen LogP contribution in [-0.2, 0) is 12.4 Å². The number of nitrogens with one attached hydrogen (secondary N) is 1. The summed E-state index contributed by atoms with van der Waals surface area (Å²) >= 11 is 20.3. The van der Waals surface area contributed by atoms with Crippen molar-refractivity contribution in [1.29, 1.82) is 0 Å². The summed E-state index contributed by atoms with van der Waals surface area (Å²) in [5.74, 6) is 2.78. The number of pyridine rings is 2. The van der Waals surface area contributed by atoms with Crippen LogP contribution in [0.5, 0.6) is 0 Å². The van der Waals surface area contributed by atoms with Crippen molar-refractivity contribution in [2.24, 2.45) is 9.98 Å². The van der Waals surface area contributed by atoms with Crippen molar-refractivity contribution < 1.29 is 0 Å². The van der Waals surface area contributed by atoms with Crippen molar-refractivity contribution in [2.45, 2.75) is 12.4 Å². The second kappa shape index (κ2) is 14.8. The van der Waals surface area contributed by atoms with E-state index in [-0.39, 0.29) is 0 Å². The predicted molar refractivity (Wildman–Crippen MR) is 138 cm³/mol. The third kappa shape index (κ3) is 9.87. The molecule has 2 aliphatic rings. The van der Waals surface area contributed by atoms with Gasteiger partial charge in [-0.3, -0.25) is 9.98 Å². The molecule has 2 aromatic rings. The fraction of sp³-hybridized carbons (Fsp3) is 0.400. The summed E-state index contributed by atoms with van der Waals surface area (Å²) < 4.78 is 0. The van der Waals surface area contributed by atoms with Gasteiger partial charge in [-0.25, -0.2) is 9.97 Å². The van der Waals surface area contributed by atoms with E-state index in [2.05, 4.69) is 30.2 Å². The Morgan fingerprint density at radius 2 is 1.65 bits per heavy atom. The van der Waals surface area contributed by atoms with Gasteiger partial charge in [0.15, 0.2) is 10.3 Å². The van der Waals surface area contributed by atoms with Gasteiger partial charge in [0.1, 0.15) is 10.3 Å². The van der Waals surface area contributed by atoms with Crippen molar-refractivity contribution in [3.05, 3.63) is 58.1 Å². The van der Waals surface area contributed by atoms with Gasteiger partial charge < -0.3 is 10.2 Å². The highest BCUT2D eigenvalue weighted by atomic mass is 35.5. The van der Waals surface area contributed by atoms with Crippen molar-refractivity contribution in [1.82, 2.24) is 20.2 Å². The first kappa shape index (κ1) is 26.1. The van der Waals surface area contributed by atoms with E-state index in [1.165, 1.54) is 11.3 Å². The van der Waals surface area contributed by atoms with E-state index in [4.69, 9.17) is 34.8 Å². The summed E-state index contributed by atoms with van der Waals surface area (Å²) in [5.41, 5.74) is 2.16. The zero-order valence-corrected chi connectivity index (χ0v) is 21.3. The summed E-state index contributed by atoms with van der Waals surface area (Å²) in [4.78, 5) is 18.4. The van der Waals surface area contributed by atoms with E-state index in [9.17, 15) is 0 Å². The van der Waals surface area contributed by atoms with E-state index in [0.29, 0.717) is 16.2 Å². The molecule has 0 atom stereocenters. The lowest BCUT2D eigenvalue weighted by Gasteiger charge is -2.17. The van der Waals surface area contributed by atoms with E-state index in [1.54, 1.807) is 42.8 Å². The fourth-order valence-corrected chi connectivity index (χ4v) is 4.57. The molecule has 0 amide bonds. The molecule has 11 heteroatoms. The molecule has 168 valence electrons. The average molecular weight is 520 g/mol. The van der Waals surface area contributed by atoms with Crippen LogP contribution < -0.4 is 5.32 Å². The van der Waals surface area contributed by atoms with E-state index in [1.807, 2.05) is 31.4 Å². The molecular formula is C20H25Cl3N6S2. The van der Waals surface area contributed by atoms with Crippen LogP contribution in [-0.4, -0.2) is 63.9 Å². The minimum Gasteiger partial charge on any atom is -0.364 e. The number of rotatable bonds is 3. The molecule has 4 rings (SSSR count). The molecule has 0 aromatic carbocycles. The molecule has 4 heterocycles. The van der Waals surface area contributed by atoms with Gasteiger partial charge in [0.05, 0.1) is 0 Å². The molecule has 0 spiro atoms. The SMILES string of the molecule is CN=C1NCCS1.CN=C1SCCN1Cc1ccc(Cl)nc1.ClCc1ccc(Cl)nc1. The molecule has 0 radical (unpaired) electrons. The molecule has 31 heavy (non-hydrogen) atoms. The molecule has 0 bridgehead atoms. The van der Waals surface area contributed by atoms with Crippen molar-refractivity contribution in [2.75, 3.05) is 38.7 Å². The Labute approximate surface area is 207 Å². The molecule has 2 aliphatic heterocycles. The molecule has 2 saturated heterocycles. The van der Waals surface area contributed by atoms with Crippen molar-refractivity contribution in [3.63, 3.8) is 0 Å². The second-order valence-electron chi connectivity index (χ2n) is 6.19. The molecule has 6 nitrogen and oxygen atoms in total. The lowest BCUT2D eigenvalue weighted by Crippen LogP contribution is -2.23. The van der Waals surface area contributed by atoms with Gasteiger partial charge in [-0.05, 0) is 23.3 Å². The maximum absolute atomic E-state index is 5.73. The second-order valence-corrected chi connectivity index (χ2v) is 9.38. The first-order valence-electron chi connectivity index (χ1n) is 9.50. The van der Waals surface area contributed by atoms with Crippen LogP contribution in [0.1, 0.15) is 11.1 Å². The van der Waals surface area contributed by atoms with Crippen LogP contribution in [0.3, 0.4) is 0 Å². The third-order valence-corrected chi connectivity index (χ3v) is 6.83. The standard InChI is InChI=1S/C10H12ClN3S.C6H5Cl2N.C4H8N2S/c1-12-10-14(4-5-15-10)7-8-2-3-9(11)13-6-8;7-3-5-1-2-6(8)9-4-5;1-5-4-6-2-3-7-4/h2-3,6H,4-5,7H2,1H3;1-2,4H,3H2;2-3H2,1H3,(H,5,6). The lowest BCUT2D eigenvalue weighted by atomic mass is 10.3. The molecular weight excluding hydrogens is 495 g/mol. The molecule has 0 aliphatic carbocycles. The van der Waals surface area contributed by atoms with E-state index >= 15 is 0 Å². The first-order valence-corrected chi connectivity index (χ1v) is 12.8. The number of amidine groups is 2. The maximum atomic E-state index is 5.73. The minimum absolute atomic E-state index is 0.490. The lowest BCUT2D eigenvalue weighted by molar-refractivity contribution is 0.456. The van der Waals surface area contributed by atoms with Gasteiger partial charge in [0.25, 0.3) is 0 Å². The fourth-order valence-electron chi connectivity index (χ4n) is 2.49. The Morgan fingerprint density at radius 3 is 2.10 bits per heavy atom. The highest BCUT2D eigenvalue weighted by Gasteiger charge is 2.18. The third-order valence-electron chi connectivity index (χ3n) is 3.98. The smallest absolute Gasteiger partial charge is 0.159 e. The number of hydrogen-bond donors (Lipinski definition) is 1. The largest absolute Gasteiger partial charge is 0.364 e. The average Bonchev–Trinajstić information content (AvgIpc) is 3.48. The molecule has 2 aromatic heterocycles. The van der Waals surface area contributed by atoms with Gasteiger partial charge in [-0.2, -0.15) is 0 Å². The highest BCUT2D eigenvalue weighted by molar-refractivity contribution is 8.14. The molecule has 2 fully saturated rings. The monoisotopic (exact) mass is 518 g/mol. The topological polar surface area (TPSA) is 65.8 Å². The Balaban J connectivity index is 0.000000181. The number of aliphatic imine (C=N–C) groups is 2. The van der Waals surface area contributed by atoms with Crippen molar-refractivity contribution in [3.8, 4) is 0 Å². The number of halogens is 3. The highest BCUT2D eigenvalue weighted by Crippen LogP contribution is 2.20. The molecule has 1 N–H and O–H groups in total. The summed E-state index contributed by atoms with van der Waals surface area (Å²) in [5, 5.41) is 6.36. The summed E-state index contributed by atoms with van der Waals surface area (Å²) in [7, 11) is 3.64. The van der Waals surface area contributed by atoms with Crippen LogP contribution in [0, 0.1) is 0 Å². The van der Waals surface area contributed by atoms with E-state index < -0.39 is 0 Å². The number of aromatic nitrogens is 2. The first-order chi connectivity index (χ1) is 15.0.